The summed E-state index contributed by atoms with van der Waals surface area (Å²) in [5.41, 5.74) is 5.60. The minimum atomic E-state index is -0.118. The first kappa shape index (κ1) is 21.4. The van der Waals surface area contributed by atoms with E-state index in [1.165, 1.54) is 23.1 Å². The Morgan fingerprint density at radius 3 is 2.83 bits per heavy atom. The summed E-state index contributed by atoms with van der Waals surface area (Å²) in [5.74, 6) is 0.521. The molecule has 3 atom stereocenters. The van der Waals surface area contributed by atoms with Crippen molar-refractivity contribution in [2.45, 2.75) is 44.9 Å². The van der Waals surface area contributed by atoms with E-state index in [2.05, 4.69) is 43.6 Å². The monoisotopic (exact) mass is 407 g/mol. The van der Waals surface area contributed by atoms with E-state index in [1.54, 1.807) is 18.2 Å². The molecule has 0 radical (unpaired) electrons. The molecule has 2 nitrogen and oxygen atoms in total. The lowest BCUT2D eigenvalue weighted by Gasteiger charge is -2.32. The summed E-state index contributed by atoms with van der Waals surface area (Å²) in [6.07, 6.45) is 21.3. The molecule has 2 unspecified atom stereocenters. The van der Waals surface area contributed by atoms with Crippen molar-refractivity contribution < 1.29 is 4.79 Å². The van der Waals surface area contributed by atoms with Gasteiger partial charge in [0.25, 0.3) is 5.91 Å². The average Bonchev–Trinajstić information content (AvgIpc) is 3.44. The van der Waals surface area contributed by atoms with Crippen LogP contribution in [0.25, 0.3) is 0 Å². The summed E-state index contributed by atoms with van der Waals surface area (Å²) in [6, 6.07) is 0. The van der Waals surface area contributed by atoms with E-state index in [0.29, 0.717) is 17.9 Å². The summed E-state index contributed by atoms with van der Waals surface area (Å²) >= 11 is 6.44. The van der Waals surface area contributed by atoms with Crippen LogP contribution >= 0.6 is 11.6 Å². The van der Waals surface area contributed by atoms with Gasteiger partial charge in [0.2, 0.25) is 0 Å². The molecule has 0 aromatic heterocycles. The van der Waals surface area contributed by atoms with Crippen molar-refractivity contribution in [3.8, 4) is 0 Å². The number of hydrogen-bond donors (Lipinski definition) is 1. The SMILES string of the molecule is C=C/C=C\C1=C(C)C2(C3=C(NC(=O)C(/C=C\C)=C/C=C)CC(Cl)C=C3)C[C@@H]2CC1. The fourth-order valence-corrected chi connectivity index (χ4v) is 5.03. The zero-order valence-corrected chi connectivity index (χ0v) is 18.1. The molecule has 0 spiro atoms. The average molecular weight is 408 g/mol. The normalized spacial score (nSPS) is 29.4. The predicted octanol–water partition coefficient (Wildman–Crippen LogP) is 6.47. The van der Waals surface area contributed by atoms with Gasteiger partial charge in [-0.1, -0.05) is 73.4 Å². The lowest BCUT2D eigenvalue weighted by molar-refractivity contribution is -0.116. The molecule has 3 aliphatic carbocycles. The van der Waals surface area contributed by atoms with Crippen LogP contribution in [0.3, 0.4) is 0 Å². The number of halogens is 1. The van der Waals surface area contributed by atoms with Crippen LogP contribution in [0.2, 0.25) is 0 Å². The van der Waals surface area contributed by atoms with Gasteiger partial charge in [0.1, 0.15) is 0 Å². The van der Waals surface area contributed by atoms with Gasteiger partial charge in [0.05, 0.1) is 5.38 Å². The first-order chi connectivity index (χ1) is 14.0. The summed E-state index contributed by atoms with van der Waals surface area (Å²) in [7, 11) is 0. The molecule has 1 amide bonds. The highest BCUT2D eigenvalue weighted by atomic mass is 35.5. The van der Waals surface area contributed by atoms with Gasteiger partial charge in [-0.3, -0.25) is 4.79 Å². The van der Waals surface area contributed by atoms with Crippen LogP contribution in [-0.2, 0) is 4.79 Å². The van der Waals surface area contributed by atoms with Crippen LogP contribution in [0.15, 0.2) is 95.8 Å². The molecule has 3 aliphatic rings. The molecule has 0 aromatic carbocycles. The third-order valence-corrected chi connectivity index (χ3v) is 6.60. The maximum absolute atomic E-state index is 12.9. The minimum Gasteiger partial charge on any atom is -0.325 e. The number of allylic oxidation sites excluding steroid dienone is 12. The van der Waals surface area contributed by atoms with Crippen molar-refractivity contribution in [1.29, 1.82) is 0 Å². The van der Waals surface area contributed by atoms with Crippen LogP contribution in [0.5, 0.6) is 0 Å². The molecular formula is C26H30ClNO. The van der Waals surface area contributed by atoms with Gasteiger partial charge in [0.15, 0.2) is 0 Å². The molecule has 29 heavy (non-hydrogen) atoms. The second-order valence-electron chi connectivity index (χ2n) is 7.94. The third-order valence-electron chi connectivity index (χ3n) is 6.30. The Morgan fingerprint density at radius 1 is 1.34 bits per heavy atom. The van der Waals surface area contributed by atoms with Crippen LogP contribution in [-0.4, -0.2) is 11.3 Å². The van der Waals surface area contributed by atoms with E-state index >= 15 is 0 Å². The number of hydrogen-bond acceptors (Lipinski definition) is 1. The van der Waals surface area contributed by atoms with Crippen LogP contribution in [0, 0.1) is 11.3 Å². The van der Waals surface area contributed by atoms with Gasteiger partial charge in [-0.2, -0.15) is 0 Å². The fourth-order valence-electron chi connectivity index (χ4n) is 4.80. The van der Waals surface area contributed by atoms with E-state index in [1.807, 2.05) is 25.2 Å². The van der Waals surface area contributed by atoms with Crippen molar-refractivity contribution in [3.05, 3.63) is 95.8 Å². The summed E-state index contributed by atoms with van der Waals surface area (Å²) in [5, 5.41) is 3.07. The van der Waals surface area contributed by atoms with E-state index in [4.69, 9.17) is 11.6 Å². The van der Waals surface area contributed by atoms with E-state index in [9.17, 15) is 4.79 Å². The second-order valence-corrected chi connectivity index (χ2v) is 8.50. The zero-order chi connectivity index (χ0) is 21.0. The molecule has 152 valence electrons. The first-order valence-electron chi connectivity index (χ1n) is 10.3. The molecule has 1 N–H and O–H groups in total. The largest absolute Gasteiger partial charge is 0.325 e. The maximum atomic E-state index is 12.9. The lowest BCUT2D eigenvalue weighted by Crippen LogP contribution is -2.30. The van der Waals surface area contributed by atoms with E-state index in [-0.39, 0.29) is 16.7 Å². The molecule has 3 rings (SSSR count). The fraction of sp³-hybridized carbons (Fsp3) is 0.346. The van der Waals surface area contributed by atoms with Crippen molar-refractivity contribution >= 4 is 17.5 Å². The van der Waals surface area contributed by atoms with Crippen molar-refractivity contribution in [2.24, 2.45) is 11.3 Å². The minimum absolute atomic E-state index is 0.0259. The highest BCUT2D eigenvalue weighted by Gasteiger charge is 2.59. The lowest BCUT2D eigenvalue weighted by atomic mass is 9.75. The van der Waals surface area contributed by atoms with Crippen LogP contribution in [0.4, 0.5) is 0 Å². The Labute approximate surface area is 179 Å². The molecule has 0 aliphatic heterocycles. The number of nitrogens with one attached hydrogen (secondary N) is 1. The summed E-state index contributed by atoms with van der Waals surface area (Å²) in [6.45, 7) is 11.7. The molecule has 0 heterocycles. The second kappa shape index (κ2) is 9.00. The van der Waals surface area contributed by atoms with Crippen molar-refractivity contribution in [1.82, 2.24) is 5.32 Å². The van der Waals surface area contributed by atoms with Gasteiger partial charge in [-0.25, -0.2) is 0 Å². The molecule has 3 heteroatoms. The highest BCUT2D eigenvalue weighted by Crippen LogP contribution is 2.68. The predicted molar refractivity (Wildman–Crippen MR) is 123 cm³/mol. The van der Waals surface area contributed by atoms with Crippen LogP contribution < -0.4 is 5.32 Å². The Bertz CT molecular complexity index is 896. The summed E-state index contributed by atoms with van der Waals surface area (Å²) in [4.78, 5) is 12.9. The zero-order valence-electron chi connectivity index (χ0n) is 17.4. The van der Waals surface area contributed by atoms with Crippen molar-refractivity contribution in [3.63, 3.8) is 0 Å². The van der Waals surface area contributed by atoms with E-state index < -0.39 is 0 Å². The molecule has 0 bridgehead atoms. The standard InChI is InChI=1S/C26H30ClNO/c1-5-8-11-19-12-13-21-17-26(21,18(19)4)23-15-14-22(27)16-24(23)28-25(29)20(9-6-2)10-7-3/h5-11,14-15,21-22H,1-2,12-13,16-17H2,3-4H3,(H,28,29)/b10-7-,11-8-,20-9+/t21-,22?,26?/m0/s1. The number of amides is 1. The number of alkyl halides is 1. The number of carbonyl (C=O) groups excluding carboxylic acids is 1. The van der Waals surface area contributed by atoms with Gasteiger partial charge in [-0.15, -0.1) is 11.6 Å². The highest BCUT2D eigenvalue weighted by molar-refractivity contribution is 6.22. The number of fused-ring (bicyclic) bond motifs is 1. The molecular weight excluding hydrogens is 378 g/mol. The Morgan fingerprint density at radius 2 is 2.14 bits per heavy atom. The smallest absolute Gasteiger partial charge is 0.255 e. The molecule has 1 fully saturated rings. The van der Waals surface area contributed by atoms with Crippen molar-refractivity contribution in [2.75, 3.05) is 0 Å². The maximum Gasteiger partial charge on any atom is 0.255 e. The Balaban J connectivity index is 2.01. The molecule has 0 saturated heterocycles. The molecule has 0 aromatic rings. The van der Waals surface area contributed by atoms with Gasteiger partial charge in [0, 0.05) is 23.1 Å². The van der Waals surface area contributed by atoms with Gasteiger partial charge in [-0.05, 0) is 50.2 Å². The van der Waals surface area contributed by atoms with E-state index in [0.717, 1.165) is 18.5 Å². The Kier molecular flexibility index (Phi) is 6.64. The number of rotatable bonds is 7. The quantitative estimate of drug-likeness (QED) is 0.292. The molecule has 1 saturated carbocycles. The Hall–Kier alpha value is -2.32. The third kappa shape index (κ3) is 4.18. The van der Waals surface area contributed by atoms with Crippen LogP contribution in [0.1, 0.15) is 39.5 Å². The first-order valence-corrected chi connectivity index (χ1v) is 10.7. The number of carbonyl (C=O) groups is 1. The van der Waals surface area contributed by atoms with Gasteiger partial charge < -0.3 is 5.32 Å². The topological polar surface area (TPSA) is 29.1 Å². The van der Waals surface area contributed by atoms with Gasteiger partial charge >= 0.3 is 0 Å². The summed E-state index contributed by atoms with van der Waals surface area (Å²) < 4.78 is 0.